The maximum Gasteiger partial charge on any atom is 0.221 e. The van der Waals surface area contributed by atoms with E-state index in [9.17, 15) is 9.90 Å². The summed E-state index contributed by atoms with van der Waals surface area (Å²) in [6, 6.07) is 15.2. The highest BCUT2D eigenvalue weighted by molar-refractivity contribution is 5.88. The lowest BCUT2D eigenvalue weighted by atomic mass is 9.96. The second-order valence-electron chi connectivity index (χ2n) is 4.81. The van der Waals surface area contributed by atoms with Gasteiger partial charge in [0.15, 0.2) is 0 Å². The van der Waals surface area contributed by atoms with Crippen molar-refractivity contribution in [1.82, 2.24) is 0 Å². The molecule has 2 rings (SSSR count). The molecule has 0 fully saturated rings. The van der Waals surface area contributed by atoms with Crippen molar-refractivity contribution in [3.05, 3.63) is 76.2 Å². The molecule has 0 saturated carbocycles. The number of hydrogen-bond donors (Lipinski definition) is 2. The van der Waals surface area contributed by atoms with Crippen molar-refractivity contribution in [2.45, 2.75) is 19.1 Å². The average molecular weight is 296 g/mol. The Morgan fingerprint density at radius 1 is 1.14 bits per heavy atom. The summed E-state index contributed by atoms with van der Waals surface area (Å²) >= 11 is 0. The topological polar surface area (TPSA) is 98.1 Å². The predicted molar refractivity (Wildman–Crippen MR) is 84.0 cm³/mol. The van der Waals surface area contributed by atoms with Crippen LogP contribution < -0.4 is 5.32 Å². The third kappa shape index (κ3) is 3.85. The molecule has 2 aromatic rings. The van der Waals surface area contributed by atoms with Gasteiger partial charge < -0.3 is 10.4 Å². The van der Waals surface area contributed by atoms with Crippen LogP contribution in [0.5, 0.6) is 0 Å². The number of amides is 1. The molecule has 2 aromatic carbocycles. The molecule has 0 spiro atoms. The molecule has 1 amide bonds. The Balaban J connectivity index is 2.25. The normalized spacial score (nSPS) is 12.8. The summed E-state index contributed by atoms with van der Waals surface area (Å²) in [6.45, 7) is 1.43. The lowest BCUT2D eigenvalue weighted by molar-refractivity contribution is -0.114. The number of carbonyl (C=O) groups excluding carboxylic acids is 1. The quantitative estimate of drug-likeness (QED) is 0.499. The molecule has 0 aliphatic carbocycles. The fraction of sp³-hybridized carbons (Fsp3) is 0.188. The van der Waals surface area contributed by atoms with Gasteiger partial charge in [-0.25, -0.2) is 0 Å². The first-order valence-corrected chi connectivity index (χ1v) is 6.76. The molecule has 0 aromatic heterocycles. The van der Waals surface area contributed by atoms with E-state index in [0.717, 1.165) is 5.56 Å². The zero-order valence-electron chi connectivity index (χ0n) is 12.0. The minimum absolute atomic E-state index is 0.162. The minimum atomic E-state index is -0.968. The van der Waals surface area contributed by atoms with Crippen molar-refractivity contribution in [2.24, 2.45) is 5.11 Å². The van der Waals surface area contributed by atoms with Crippen molar-refractivity contribution in [3.8, 4) is 0 Å². The van der Waals surface area contributed by atoms with E-state index in [-0.39, 0.29) is 5.91 Å². The number of azide groups is 1. The summed E-state index contributed by atoms with van der Waals surface area (Å²) in [5.74, 6) is -0.162. The Bertz CT molecular complexity index is 679. The second kappa shape index (κ2) is 7.26. The van der Waals surface area contributed by atoms with Crippen LogP contribution in [-0.2, 0) is 4.79 Å². The molecule has 2 N–H and O–H groups in total. The van der Waals surface area contributed by atoms with E-state index in [1.54, 1.807) is 36.4 Å². The van der Waals surface area contributed by atoms with Crippen LogP contribution >= 0.6 is 0 Å². The molecule has 0 aliphatic rings. The van der Waals surface area contributed by atoms with Gasteiger partial charge in [-0.2, -0.15) is 0 Å². The summed E-state index contributed by atoms with van der Waals surface area (Å²) in [7, 11) is 0. The zero-order valence-corrected chi connectivity index (χ0v) is 12.0. The summed E-state index contributed by atoms with van der Waals surface area (Å²) in [5, 5.41) is 16.8. The van der Waals surface area contributed by atoms with Crippen LogP contribution in [0.25, 0.3) is 10.4 Å². The van der Waals surface area contributed by atoms with Gasteiger partial charge in [-0.3, -0.25) is 4.79 Å². The van der Waals surface area contributed by atoms with Crippen LogP contribution in [0.3, 0.4) is 0 Å². The lowest BCUT2D eigenvalue weighted by Gasteiger charge is -2.19. The van der Waals surface area contributed by atoms with Crippen LogP contribution in [0.4, 0.5) is 5.69 Å². The minimum Gasteiger partial charge on any atom is -0.388 e. The number of benzene rings is 2. The molecular weight excluding hydrogens is 280 g/mol. The lowest BCUT2D eigenvalue weighted by Crippen LogP contribution is -2.09. The highest BCUT2D eigenvalue weighted by Crippen LogP contribution is 2.32. The average Bonchev–Trinajstić information content (AvgIpc) is 2.53. The number of nitrogens with one attached hydrogen (secondary N) is 1. The van der Waals surface area contributed by atoms with Crippen molar-refractivity contribution in [1.29, 1.82) is 0 Å². The van der Waals surface area contributed by atoms with Crippen molar-refractivity contribution >= 4 is 11.6 Å². The molecule has 0 radical (unpaired) electrons. The number of aliphatic hydroxyl groups excluding tert-OH is 1. The van der Waals surface area contributed by atoms with Crippen molar-refractivity contribution in [2.75, 3.05) is 5.32 Å². The van der Waals surface area contributed by atoms with Gasteiger partial charge in [-0.15, -0.1) is 0 Å². The molecule has 112 valence electrons. The monoisotopic (exact) mass is 296 g/mol. The Morgan fingerprint density at radius 2 is 1.77 bits per heavy atom. The first kappa shape index (κ1) is 15.6. The van der Waals surface area contributed by atoms with Gasteiger partial charge >= 0.3 is 0 Å². The number of anilines is 1. The van der Waals surface area contributed by atoms with Gasteiger partial charge in [0, 0.05) is 17.5 Å². The Labute approximate surface area is 128 Å². The smallest absolute Gasteiger partial charge is 0.221 e. The fourth-order valence-corrected chi connectivity index (χ4v) is 2.17. The highest BCUT2D eigenvalue weighted by Gasteiger charge is 2.21. The molecule has 6 nitrogen and oxygen atoms in total. The van der Waals surface area contributed by atoms with E-state index in [4.69, 9.17) is 5.53 Å². The molecule has 0 heterocycles. The molecule has 22 heavy (non-hydrogen) atoms. The van der Waals surface area contributed by atoms with Gasteiger partial charge in [-0.05, 0) is 28.8 Å². The van der Waals surface area contributed by atoms with Gasteiger partial charge in [0.2, 0.25) is 5.91 Å². The van der Waals surface area contributed by atoms with Crippen LogP contribution in [-0.4, -0.2) is 11.0 Å². The zero-order chi connectivity index (χ0) is 15.9. The van der Waals surface area contributed by atoms with Crippen LogP contribution in [0, 0.1) is 0 Å². The molecule has 6 heteroatoms. The number of carbonyl (C=O) groups is 1. The maximum absolute atomic E-state index is 11.0. The first-order valence-electron chi connectivity index (χ1n) is 6.76. The van der Waals surface area contributed by atoms with E-state index in [0.29, 0.717) is 11.3 Å². The summed E-state index contributed by atoms with van der Waals surface area (Å²) in [6.07, 6.45) is -0.968. The predicted octanol–water partition coefficient (Wildman–Crippen LogP) is 3.73. The largest absolute Gasteiger partial charge is 0.388 e. The molecule has 0 aliphatic heterocycles. The Hall–Kier alpha value is -2.82. The fourth-order valence-electron chi connectivity index (χ4n) is 2.17. The Kier molecular flexibility index (Phi) is 5.14. The standard InChI is InChI=1S/C16H16N4O2/c1-11(21)18-14-9-7-13(8-10-14)16(22)15(19-20-17)12-5-3-2-4-6-12/h2-10,15-16,22H,1H3,(H,18,21)/t15-,16+/m0/s1. The van der Waals surface area contributed by atoms with E-state index < -0.39 is 12.1 Å². The van der Waals surface area contributed by atoms with Crippen molar-refractivity contribution < 1.29 is 9.90 Å². The van der Waals surface area contributed by atoms with Gasteiger partial charge in [0.25, 0.3) is 0 Å². The van der Waals surface area contributed by atoms with Gasteiger partial charge in [0.05, 0.1) is 12.1 Å². The van der Waals surface area contributed by atoms with Gasteiger partial charge in [0.1, 0.15) is 0 Å². The number of aliphatic hydroxyl groups is 1. The molecule has 0 unspecified atom stereocenters. The van der Waals surface area contributed by atoms with Gasteiger partial charge in [-0.1, -0.05) is 47.6 Å². The number of nitrogens with zero attached hydrogens (tertiary/aromatic N) is 3. The van der Waals surface area contributed by atoms with E-state index in [2.05, 4.69) is 15.3 Å². The van der Waals surface area contributed by atoms with E-state index >= 15 is 0 Å². The molecule has 2 atom stereocenters. The van der Waals surface area contributed by atoms with Crippen LogP contribution in [0.15, 0.2) is 59.7 Å². The molecule has 0 saturated heterocycles. The van der Waals surface area contributed by atoms with Crippen LogP contribution in [0.2, 0.25) is 0 Å². The van der Waals surface area contributed by atoms with Crippen LogP contribution in [0.1, 0.15) is 30.2 Å². The maximum atomic E-state index is 11.0. The summed E-state index contributed by atoms with van der Waals surface area (Å²) in [5.41, 5.74) is 10.7. The second-order valence-corrected chi connectivity index (χ2v) is 4.81. The number of hydrogen-bond acceptors (Lipinski definition) is 3. The number of rotatable bonds is 5. The SMILES string of the molecule is CC(=O)Nc1ccc([C@@H](O)[C@@H](N=[N+]=[N-])c2ccccc2)cc1. The van der Waals surface area contributed by atoms with E-state index in [1.165, 1.54) is 6.92 Å². The third-order valence-corrected chi connectivity index (χ3v) is 3.19. The molecular formula is C16H16N4O2. The van der Waals surface area contributed by atoms with Crippen molar-refractivity contribution in [3.63, 3.8) is 0 Å². The third-order valence-electron chi connectivity index (χ3n) is 3.19. The summed E-state index contributed by atoms with van der Waals surface area (Å²) in [4.78, 5) is 13.8. The molecule has 0 bridgehead atoms. The van der Waals surface area contributed by atoms with E-state index in [1.807, 2.05) is 18.2 Å². The summed E-state index contributed by atoms with van der Waals surface area (Å²) < 4.78 is 0. The Morgan fingerprint density at radius 3 is 2.32 bits per heavy atom. The highest BCUT2D eigenvalue weighted by atomic mass is 16.3. The first-order chi connectivity index (χ1) is 10.6.